The zero-order valence-corrected chi connectivity index (χ0v) is 11.2. The molecule has 1 amide bonds. The van der Waals surface area contributed by atoms with Crippen LogP contribution in [0.5, 0.6) is 0 Å². The van der Waals surface area contributed by atoms with Gasteiger partial charge in [0.15, 0.2) is 0 Å². The summed E-state index contributed by atoms with van der Waals surface area (Å²) in [6.45, 7) is 0. The molecule has 2 rings (SSSR count). The van der Waals surface area contributed by atoms with Crippen LogP contribution in [0.15, 0.2) is 34.9 Å². The fourth-order valence-electron chi connectivity index (χ4n) is 1.58. The van der Waals surface area contributed by atoms with Crippen molar-refractivity contribution in [1.29, 1.82) is 0 Å². The van der Waals surface area contributed by atoms with E-state index in [0.717, 1.165) is 0 Å². The number of hydrogen-bond acceptors (Lipinski definition) is 2. The van der Waals surface area contributed by atoms with E-state index in [1.807, 2.05) is 0 Å². The first-order valence-electron chi connectivity index (χ1n) is 5.15. The highest BCUT2D eigenvalue weighted by Crippen LogP contribution is 2.20. The summed E-state index contributed by atoms with van der Waals surface area (Å²) in [6.07, 6.45) is 1.65. The number of anilines is 2. The topological polar surface area (TPSA) is 60.0 Å². The molecule has 0 radical (unpaired) electrons. The largest absolute Gasteiger partial charge is 0.397 e. The monoisotopic (exact) mass is 311 g/mol. The molecule has 4 nitrogen and oxygen atoms in total. The van der Waals surface area contributed by atoms with Crippen LogP contribution < -0.4 is 11.1 Å². The second-order valence-electron chi connectivity index (χ2n) is 3.85. The highest BCUT2D eigenvalue weighted by atomic mass is 79.9. The van der Waals surface area contributed by atoms with Gasteiger partial charge in [0.1, 0.15) is 11.5 Å². The second-order valence-corrected chi connectivity index (χ2v) is 4.71. The molecule has 94 valence electrons. The summed E-state index contributed by atoms with van der Waals surface area (Å²) in [7, 11) is 1.73. The summed E-state index contributed by atoms with van der Waals surface area (Å²) in [4.78, 5) is 11.9. The minimum atomic E-state index is -0.379. The lowest BCUT2D eigenvalue weighted by Gasteiger charge is -2.06. The van der Waals surface area contributed by atoms with E-state index < -0.39 is 0 Å². The lowest BCUT2D eigenvalue weighted by atomic mass is 10.3. The van der Waals surface area contributed by atoms with Crippen molar-refractivity contribution < 1.29 is 9.18 Å². The molecule has 6 heteroatoms. The van der Waals surface area contributed by atoms with Gasteiger partial charge in [0.05, 0.1) is 10.2 Å². The third-order valence-electron chi connectivity index (χ3n) is 2.44. The van der Waals surface area contributed by atoms with Gasteiger partial charge < -0.3 is 15.6 Å². The van der Waals surface area contributed by atoms with E-state index in [-0.39, 0.29) is 11.7 Å². The number of aromatic nitrogens is 1. The summed E-state index contributed by atoms with van der Waals surface area (Å²) >= 11 is 3.06. The van der Waals surface area contributed by atoms with Gasteiger partial charge in [0, 0.05) is 18.9 Å². The number of hydrogen-bond donors (Lipinski definition) is 2. The van der Waals surface area contributed by atoms with Gasteiger partial charge in [0.2, 0.25) is 0 Å². The number of rotatable bonds is 2. The van der Waals surface area contributed by atoms with E-state index >= 15 is 0 Å². The molecule has 0 aliphatic carbocycles. The van der Waals surface area contributed by atoms with Crippen LogP contribution in [0.2, 0.25) is 0 Å². The van der Waals surface area contributed by atoms with Crippen molar-refractivity contribution in [2.75, 3.05) is 11.1 Å². The summed E-state index contributed by atoms with van der Waals surface area (Å²) < 4.78 is 15.0. The van der Waals surface area contributed by atoms with Crippen LogP contribution in [0.1, 0.15) is 10.5 Å². The van der Waals surface area contributed by atoms with Crippen LogP contribution in [0.25, 0.3) is 0 Å². The van der Waals surface area contributed by atoms with E-state index in [1.165, 1.54) is 18.2 Å². The Morgan fingerprint density at radius 1 is 1.44 bits per heavy atom. The Hall–Kier alpha value is -1.82. The van der Waals surface area contributed by atoms with Crippen LogP contribution in [-0.2, 0) is 7.05 Å². The minimum Gasteiger partial charge on any atom is -0.397 e. The molecule has 0 aliphatic heterocycles. The smallest absolute Gasteiger partial charge is 0.272 e. The van der Waals surface area contributed by atoms with Crippen LogP contribution in [0.3, 0.4) is 0 Å². The second kappa shape index (κ2) is 4.81. The first-order valence-corrected chi connectivity index (χ1v) is 5.95. The fraction of sp³-hybridized carbons (Fsp3) is 0.0833. The summed E-state index contributed by atoms with van der Waals surface area (Å²) in [5.41, 5.74) is 7.06. The Kier molecular flexibility index (Phi) is 3.38. The number of carbonyl (C=O) groups excluding carboxylic acids is 1. The Labute approximate surface area is 112 Å². The van der Waals surface area contributed by atoms with Crippen LogP contribution in [0, 0.1) is 5.82 Å². The molecule has 0 spiro atoms. The van der Waals surface area contributed by atoms with Crippen molar-refractivity contribution in [3.8, 4) is 0 Å². The molecule has 3 N–H and O–H groups in total. The number of benzene rings is 1. The Bertz CT molecular complexity index is 609. The third-order valence-corrected chi connectivity index (χ3v) is 3.04. The molecule has 0 aliphatic rings. The van der Waals surface area contributed by atoms with Gasteiger partial charge in [-0.2, -0.15) is 0 Å². The van der Waals surface area contributed by atoms with Gasteiger partial charge in [0.25, 0.3) is 5.91 Å². The third kappa shape index (κ3) is 2.53. The van der Waals surface area contributed by atoms with Gasteiger partial charge in [-0.25, -0.2) is 4.39 Å². The number of nitrogens with one attached hydrogen (secondary N) is 1. The standard InChI is InChI=1S/C12H11BrFN3O/c1-17-6-7(15)4-11(17)12(18)16-8-2-3-10(14)9(13)5-8/h2-6H,15H2,1H3,(H,16,18). The van der Waals surface area contributed by atoms with Crippen molar-refractivity contribution in [2.24, 2.45) is 7.05 Å². The van der Waals surface area contributed by atoms with Gasteiger partial charge in [-0.1, -0.05) is 0 Å². The lowest BCUT2D eigenvalue weighted by Crippen LogP contribution is -2.15. The Balaban J connectivity index is 2.21. The first-order chi connectivity index (χ1) is 8.47. The van der Waals surface area contributed by atoms with E-state index in [4.69, 9.17) is 5.73 Å². The predicted octanol–water partition coefficient (Wildman–Crippen LogP) is 2.76. The van der Waals surface area contributed by atoms with E-state index in [2.05, 4.69) is 21.2 Å². The molecule has 1 aromatic carbocycles. The number of nitrogens with two attached hydrogens (primary N) is 1. The normalized spacial score (nSPS) is 10.4. The van der Waals surface area contributed by atoms with Crippen LogP contribution in [0.4, 0.5) is 15.8 Å². The molecule has 0 unspecified atom stereocenters. The molecule has 0 bridgehead atoms. The molecule has 2 aromatic rings. The maximum absolute atomic E-state index is 13.0. The maximum Gasteiger partial charge on any atom is 0.272 e. The molecule has 0 saturated carbocycles. The van der Waals surface area contributed by atoms with Crippen molar-refractivity contribution in [3.63, 3.8) is 0 Å². The average Bonchev–Trinajstić information content (AvgIpc) is 2.63. The van der Waals surface area contributed by atoms with Crippen LogP contribution in [-0.4, -0.2) is 10.5 Å². The quantitative estimate of drug-likeness (QED) is 0.896. The fourth-order valence-corrected chi connectivity index (χ4v) is 1.96. The first kappa shape index (κ1) is 12.6. The molecule has 1 aromatic heterocycles. The number of nitrogen functional groups attached to an aromatic ring is 1. The lowest BCUT2D eigenvalue weighted by molar-refractivity contribution is 0.101. The highest BCUT2D eigenvalue weighted by molar-refractivity contribution is 9.10. The summed E-state index contributed by atoms with van der Waals surface area (Å²) in [5.74, 6) is -0.677. The number of nitrogens with zero attached hydrogens (tertiary/aromatic N) is 1. The maximum atomic E-state index is 13.0. The summed E-state index contributed by atoms with van der Waals surface area (Å²) in [6, 6.07) is 5.84. The van der Waals surface area contributed by atoms with Crippen LogP contribution >= 0.6 is 15.9 Å². The Morgan fingerprint density at radius 3 is 2.72 bits per heavy atom. The van der Waals surface area contributed by atoms with Crippen molar-refractivity contribution in [3.05, 3.63) is 46.4 Å². The van der Waals surface area contributed by atoms with Crippen molar-refractivity contribution >= 4 is 33.2 Å². The predicted molar refractivity (Wildman–Crippen MR) is 71.9 cm³/mol. The SMILES string of the molecule is Cn1cc(N)cc1C(=O)Nc1ccc(F)c(Br)c1. The van der Waals surface area contributed by atoms with Gasteiger partial charge in [-0.05, 0) is 40.2 Å². The number of amides is 1. The van der Waals surface area contributed by atoms with Gasteiger partial charge >= 0.3 is 0 Å². The van der Waals surface area contributed by atoms with Crippen molar-refractivity contribution in [1.82, 2.24) is 4.57 Å². The molecule has 0 atom stereocenters. The average molecular weight is 312 g/mol. The zero-order chi connectivity index (χ0) is 13.3. The van der Waals surface area contributed by atoms with E-state index in [9.17, 15) is 9.18 Å². The minimum absolute atomic E-state index is 0.298. The molecule has 0 saturated heterocycles. The molecular formula is C12H11BrFN3O. The van der Waals surface area contributed by atoms with Gasteiger partial charge in [-0.3, -0.25) is 4.79 Å². The van der Waals surface area contributed by atoms with E-state index in [0.29, 0.717) is 21.5 Å². The van der Waals surface area contributed by atoms with Crippen molar-refractivity contribution in [2.45, 2.75) is 0 Å². The number of aryl methyl sites for hydroxylation is 1. The zero-order valence-electron chi connectivity index (χ0n) is 9.58. The highest BCUT2D eigenvalue weighted by Gasteiger charge is 2.11. The molecule has 1 heterocycles. The summed E-state index contributed by atoms with van der Waals surface area (Å²) in [5, 5.41) is 2.67. The molecule has 18 heavy (non-hydrogen) atoms. The number of halogens is 2. The Morgan fingerprint density at radius 2 is 2.17 bits per heavy atom. The molecular weight excluding hydrogens is 301 g/mol. The van der Waals surface area contributed by atoms with E-state index in [1.54, 1.807) is 23.9 Å². The van der Waals surface area contributed by atoms with Gasteiger partial charge in [-0.15, -0.1) is 0 Å². The molecule has 0 fully saturated rings. The number of carbonyl (C=O) groups is 1.